The predicted octanol–water partition coefficient (Wildman–Crippen LogP) is 3.56. The average Bonchev–Trinajstić information content (AvgIpc) is 3.17. The maximum absolute atomic E-state index is 12.8. The molecule has 148 valence electrons. The summed E-state index contributed by atoms with van der Waals surface area (Å²) in [6.07, 6.45) is 2.17. The van der Waals surface area contributed by atoms with E-state index in [1.54, 1.807) is 0 Å². The fraction of sp³-hybridized carbons (Fsp3) is 0.435. The molecule has 5 heteroatoms. The average molecular weight is 380 g/mol. The van der Waals surface area contributed by atoms with Gasteiger partial charge in [-0.3, -0.25) is 9.69 Å². The minimum atomic E-state index is 0.157. The van der Waals surface area contributed by atoms with Crippen molar-refractivity contribution in [3.8, 4) is 11.5 Å². The Kier molecular flexibility index (Phi) is 5.53. The highest BCUT2D eigenvalue weighted by Crippen LogP contribution is 2.37. The highest BCUT2D eigenvalue weighted by molar-refractivity contribution is 5.78. The zero-order valence-corrected chi connectivity index (χ0v) is 16.7. The minimum Gasteiger partial charge on any atom is -0.486 e. The van der Waals surface area contributed by atoms with Gasteiger partial charge in [0.15, 0.2) is 11.5 Å². The molecule has 2 aromatic carbocycles. The molecule has 2 heterocycles. The largest absolute Gasteiger partial charge is 0.486 e. The lowest BCUT2D eigenvalue weighted by Gasteiger charge is -2.28. The number of aryl methyl sites for hydroxylation is 1. The summed E-state index contributed by atoms with van der Waals surface area (Å²) >= 11 is 0. The van der Waals surface area contributed by atoms with E-state index in [1.807, 2.05) is 18.0 Å². The summed E-state index contributed by atoms with van der Waals surface area (Å²) in [5.74, 6) is 1.79. The van der Waals surface area contributed by atoms with E-state index in [4.69, 9.17) is 9.47 Å². The Morgan fingerprint density at radius 1 is 1.11 bits per heavy atom. The van der Waals surface area contributed by atoms with Crippen molar-refractivity contribution in [1.29, 1.82) is 0 Å². The van der Waals surface area contributed by atoms with Crippen LogP contribution in [0.25, 0.3) is 0 Å². The SMILES string of the molecule is Cc1ccc(CN(C)C(=O)CN2CCC[C@H]2c2ccc3c(c2)OCCO3)cc1. The summed E-state index contributed by atoms with van der Waals surface area (Å²) in [5, 5.41) is 0. The Labute approximate surface area is 166 Å². The third kappa shape index (κ3) is 4.14. The Balaban J connectivity index is 1.40. The van der Waals surface area contributed by atoms with E-state index in [2.05, 4.69) is 48.2 Å². The highest BCUT2D eigenvalue weighted by atomic mass is 16.6. The van der Waals surface area contributed by atoms with Crippen LogP contribution in [-0.4, -0.2) is 49.1 Å². The van der Waals surface area contributed by atoms with E-state index >= 15 is 0 Å². The van der Waals surface area contributed by atoms with Crippen molar-refractivity contribution >= 4 is 5.91 Å². The molecular weight excluding hydrogens is 352 g/mol. The van der Waals surface area contributed by atoms with Gasteiger partial charge in [0.25, 0.3) is 0 Å². The number of fused-ring (bicyclic) bond motifs is 1. The third-order valence-electron chi connectivity index (χ3n) is 5.62. The van der Waals surface area contributed by atoms with Crippen LogP contribution in [0.5, 0.6) is 11.5 Å². The van der Waals surface area contributed by atoms with Gasteiger partial charge in [0.2, 0.25) is 5.91 Å². The molecule has 4 rings (SSSR count). The molecular formula is C23H28N2O3. The van der Waals surface area contributed by atoms with Gasteiger partial charge in [-0.05, 0) is 49.6 Å². The first kappa shape index (κ1) is 18.8. The predicted molar refractivity (Wildman–Crippen MR) is 109 cm³/mol. The fourth-order valence-electron chi connectivity index (χ4n) is 4.01. The Hall–Kier alpha value is -2.53. The second-order valence-electron chi connectivity index (χ2n) is 7.77. The van der Waals surface area contributed by atoms with Crippen LogP contribution in [0.15, 0.2) is 42.5 Å². The van der Waals surface area contributed by atoms with Crippen LogP contribution in [0.1, 0.15) is 35.6 Å². The van der Waals surface area contributed by atoms with Gasteiger partial charge in [0.05, 0.1) is 6.54 Å². The molecule has 1 amide bonds. The quantitative estimate of drug-likeness (QED) is 0.795. The lowest BCUT2D eigenvalue weighted by molar-refractivity contribution is -0.131. The maximum Gasteiger partial charge on any atom is 0.236 e. The molecule has 0 bridgehead atoms. The van der Waals surface area contributed by atoms with Crippen LogP contribution in [0.2, 0.25) is 0 Å². The van der Waals surface area contributed by atoms with E-state index in [0.29, 0.717) is 26.3 Å². The van der Waals surface area contributed by atoms with E-state index in [0.717, 1.165) is 36.4 Å². The molecule has 2 aromatic rings. The zero-order valence-electron chi connectivity index (χ0n) is 16.7. The molecule has 0 aromatic heterocycles. The van der Waals surface area contributed by atoms with E-state index < -0.39 is 0 Å². The molecule has 1 atom stereocenters. The van der Waals surface area contributed by atoms with Gasteiger partial charge in [-0.2, -0.15) is 0 Å². The summed E-state index contributed by atoms with van der Waals surface area (Å²) in [6.45, 7) is 5.30. The van der Waals surface area contributed by atoms with Crippen molar-refractivity contribution in [2.75, 3.05) is 33.4 Å². The number of carbonyl (C=O) groups is 1. The topological polar surface area (TPSA) is 42.0 Å². The monoisotopic (exact) mass is 380 g/mol. The van der Waals surface area contributed by atoms with Crippen LogP contribution in [0.3, 0.4) is 0 Å². The van der Waals surface area contributed by atoms with Crippen LogP contribution in [0, 0.1) is 6.92 Å². The van der Waals surface area contributed by atoms with E-state index in [9.17, 15) is 4.79 Å². The summed E-state index contributed by atoms with van der Waals surface area (Å²) in [4.78, 5) is 16.9. The molecule has 0 spiro atoms. The summed E-state index contributed by atoms with van der Waals surface area (Å²) in [6, 6.07) is 14.8. The molecule has 0 saturated carbocycles. The van der Waals surface area contributed by atoms with Gasteiger partial charge < -0.3 is 14.4 Å². The Morgan fingerprint density at radius 2 is 1.86 bits per heavy atom. The molecule has 2 aliphatic heterocycles. The number of ether oxygens (including phenoxy) is 2. The molecule has 0 radical (unpaired) electrons. The van der Waals surface area contributed by atoms with Crippen LogP contribution < -0.4 is 9.47 Å². The first-order chi connectivity index (χ1) is 13.6. The number of amides is 1. The number of carbonyl (C=O) groups excluding carboxylic acids is 1. The highest BCUT2D eigenvalue weighted by Gasteiger charge is 2.29. The van der Waals surface area contributed by atoms with Gasteiger partial charge >= 0.3 is 0 Å². The van der Waals surface area contributed by atoms with Gasteiger partial charge in [0.1, 0.15) is 13.2 Å². The minimum absolute atomic E-state index is 0.157. The molecule has 0 unspecified atom stereocenters. The molecule has 1 fully saturated rings. The fourth-order valence-corrected chi connectivity index (χ4v) is 4.01. The Morgan fingerprint density at radius 3 is 2.64 bits per heavy atom. The summed E-state index contributed by atoms with van der Waals surface area (Å²) in [5.41, 5.74) is 3.60. The van der Waals surface area contributed by atoms with Gasteiger partial charge in [0, 0.05) is 19.6 Å². The van der Waals surface area contributed by atoms with Crippen molar-refractivity contribution in [3.63, 3.8) is 0 Å². The van der Waals surface area contributed by atoms with Gasteiger partial charge in [-0.1, -0.05) is 35.9 Å². The normalized spacial score (nSPS) is 18.9. The second kappa shape index (κ2) is 8.23. The number of rotatable bonds is 5. The molecule has 5 nitrogen and oxygen atoms in total. The van der Waals surface area contributed by atoms with Gasteiger partial charge in [-0.15, -0.1) is 0 Å². The standard InChI is InChI=1S/C23H28N2O3/c1-17-5-7-18(8-6-17)15-24(2)23(26)16-25-11-3-4-20(25)19-9-10-21-22(14-19)28-13-12-27-21/h5-10,14,20H,3-4,11-13,15-16H2,1-2H3/t20-/m0/s1. The summed E-state index contributed by atoms with van der Waals surface area (Å²) < 4.78 is 11.4. The smallest absolute Gasteiger partial charge is 0.236 e. The molecule has 0 aliphatic carbocycles. The number of hydrogen-bond donors (Lipinski definition) is 0. The number of benzene rings is 2. The number of likely N-dealkylation sites (tertiary alicyclic amines) is 1. The number of nitrogens with zero attached hydrogens (tertiary/aromatic N) is 2. The molecule has 1 saturated heterocycles. The molecule has 28 heavy (non-hydrogen) atoms. The van der Waals surface area contributed by atoms with Crippen molar-refractivity contribution in [2.45, 2.75) is 32.4 Å². The first-order valence-corrected chi connectivity index (χ1v) is 10.0. The third-order valence-corrected chi connectivity index (χ3v) is 5.62. The van der Waals surface area contributed by atoms with Gasteiger partial charge in [-0.25, -0.2) is 0 Å². The zero-order chi connectivity index (χ0) is 19.5. The first-order valence-electron chi connectivity index (χ1n) is 10.0. The van der Waals surface area contributed by atoms with Crippen LogP contribution >= 0.6 is 0 Å². The Bertz CT molecular complexity index is 834. The lowest BCUT2D eigenvalue weighted by atomic mass is 10.0. The summed E-state index contributed by atoms with van der Waals surface area (Å²) in [7, 11) is 1.89. The maximum atomic E-state index is 12.8. The van der Waals surface area contributed by atoms with Crippen LogP contribution in [0.4, 0.5) is 0 Å². The van der Waals surface area contributed by atoms with Crippen molar-refractivity contribution in [1.82, 2.24) is 9.80 Å². The van der Waals surface area contributed by atoms with Crippen molar-refractivity contribution in [2.24, 2.45) is 0 Å². The van der Waals surface area contributed by atoms with Crippen molar-refractivity contribution in [3.05, 3.63) is 59.2 Å². The van der Waals surface area contributed by atoms with E-state index in [-0.39, 0.29) is 11.9 Å². The lowest BCUT2D eigenvalue weighted by Crippen LogP contribution is -2.37. The van der Waals surface area contributed by atoms with Crippen LogP contribution in [-0.2, 0) is 11.3 Å². The van der Waals surface area contributed by atoms with Crippen molar-refractivity contribution < 1.29 is 14.3 Å². The molecule has 2 aliphatic rings. The second-order valence-corrected chi connectivity index (χ2v) is 7.77. The number of likely N-dealkylation sites (N-methyl/N-ethyl adjacent to an activating group) is 1. The molecule has 0 N–H and O–H groups in total. The number of hydrogen-bond acceptors (Lipinski definition) is 4. The van der Waals surface area contributed by atoms with E-state index in [1.165, 1.54) is 11.1 Å².